The van der Waals surface area contributed by atoms with Crippen molar-refractivity contribution >= 4 is 31.8 Å². The summed E-state index contributed by atoms with van der Waals surface area (Å²) >= 11 is 0. The molecule has 0 radical (unpaired) electrons. The molecule has 1 fully saturated rings. The number of rotatable bonds is 7. The van der Waals surface area contributed by atoms with E-state index in [4.69, 9.17) is 9.72 Å². The molecule has 5 rings (SSSR count). The van der Waals surface area contributed by atoms with Crippen LogP contribution in [0.3, 0.4) is 0 Å². The number of aryl methyl sites for hydroxylation is 1. The molecule has 0 amide bonds. The molecule has 1 aliphatic rings. The minimum Gasteiger partial charge on any atom is -0.379 e. The van der Waals surface area contributed by atoms with Crippen molar-refractivity contribution in [1.29, 1.82) is 0 Å². The van der Waals surface area contributed by atoms with Crippen LogP contribution >= 0.6 is 0 Å². The van der Waals surface area contributed by atoms with Crippen LogP contribution in [0.5, 0.6) is 0 Å². The summed E-state index contributed by atoms with van der Waals surface area (Å²) in [6.45, 7) is 7.19. The van der Waals surface area contributed by atoms with Gasteiger partial charge in [-0.1, -0.05) is 36.4 Å². The van der Waals surface area contributed by atoms with Gasteiger partial charge in [0.05, 0.1) is 35.7 Å². The van der Waals surface area contributed by atoms with Gasteiger partial charge in [0.2, 0.25) is 10.0 Å². The Morgan fingerprint density at radius 2 is 1.79 bits per heavy atom. The number of fused-ring (bicyclic) bond motifs is 2. The second kappa shape index (κ2) is 9.46. The topological polar surface area (TPSA) is 76.5 Å². The second-order valence-electron chi connectivity index (χ2n) is 8.65. The van der Waals surface area contributed by atoms with Crippen molar-refractivity contribution < 1.29 is 13.2 Å². The third kappa shape index (κ3) is 4.34. The number of nitrogens with one attached hydrogen (secondary N) is 1. The molecule has 1 aromatic heterocycles. The molecular formula is C26H30N4O3S. The first kappa shape index (κ1) is 23.0. The Morgan fingerprint density at radius 1 is 1.03 bits per heavy atom. The highest BCUT2D eigenvalue weighted by atomic mass is 32.2. The highest BCUT2D eigenvalue weighted by Gasteiger charge is 2.27. The van der Waals surface area contributed by atoms with E-state index in [-0.39, 0.29) is 10.9 Å². The van der Waals surface area contributed by atoms with E-state index in [1.54, 1.807) is 12.1 Å². The summed E-state index contributed by atoms with van der Waals surface area (Å²) in [5.74, 6) is 0.894. The lowest BCUT2D eigenvalue weighted by Gasteiger charge is -2.26. The molecule has 8 heteroatoms. The van der Waals surface area contributed by atoms with E-state index in [0.717, 1.165) is 17.9 Å². The van der Waals surface area contributed by atoms with Crippen LogP contribution in [-0.4, -0.2) is 48.6 Å². The molecule has 2 heterocycles. The van der Waals surface area contributed by atoms with Gasteiger partial charge in [-0.15, -0.1) is 0 Å². The molecular weight excluding hydrogens is 448 g/mol. The minimum atomic E-state index is -3.56. The fourth-order valence-electron chi connectivity index (χ4n) is 4.58. The number of hydrogen-bond acceptors (Lipinski definition) is 5. The molecule has 0 unspecified atom stereocenters. The van der Waals surface area contributed by atoms with Gasteiger partial charge < -0.3 is 14.6 Å². The van der Waals surface area contributed by atoms with Crippen molar-refractivity contribution in [2.24, 2.45) is 0 Å². The summed E-state index contributed by atoms with van der Waals surface area (Å²) < 4.78 is 35.1. The average Bonchev–Trinajstić information content (AvgIpc) is 3.24. The maximum Gasteiger partial charge on any atom is 0.243 e. The van der Waals surface area contributed by atoms with Gasteiger partial charge in [-0.25, -0.2) is 13.4 Å². The summed E-state index contributed by atoms with van der Waals surface area (Å²) in [6, 6.07) is 20.3. The van der Waals surface area contributed by atoms with Crippen LogP contribution in [0, 0.1) is 0 Å². The highest BCUT2D eigenvalue weighted by molar-refractivity contribution is 7.89. The molecule has 0 spiro atoms. The lowest BCUT2D eigenvalue weighted by atomic mass is 10.0. The molecule has 1 saturated heterocycles. The number of hydrogen-bond donors (Lipinski definition) is 1. The quantitative estimate of drug-likeness (QED) is 0.433. The zero-order valence-electron chi connectivity index (χ0n) is 19.6. The molecule has 1 N–H and O–H groups in total. The average molecular weight is 479 g/mol. The zero-order chi connectivity index (χ0) is 23.7. The number of ether oxygens (including phenoxy) is 1. The van der Waals surface area contributed by atoms with Gasteiger partial charge in [-0.3, -0.25) is 0 Å². The van der Waals surface area contributed by atoms with E-state index in [9.17, 15) is 8.42 Å². The van der Waals surface area contributed by atoms with Crippen molar-refractivity contribution in [3.63, 3.8) is 0 Å². The summed E-state index contributed by atoms with van der Waals surface area (Å²) in [6.07, 6.45) is 0. The van der Waals surface area contributed by atoms with E-state index in [1.165, 1.54) is 20.6 Å². The number of imidazole rings is 1. The Bertz CT molecular complexity index is 1420. The van der Waals surface area contributed by atoms with Crippen LogP contribution in [0.2, 0.25) is 0 Å². The Hall–Kier alpha value is -2.78. The van der Waals surface area contributed by atoms with Gasteiger partial charge in [-0.2, -0.15) is 4.31 Å². The van der Waals surface area contributed by atoms with Crippen LogP contribution in [0.25, 0.3) is 21.8 Å². The van der Waals surface area contributed by atoms with Crippen molar-refractivity contribution in [2.75, 3.05) is 26.3 Å². The Kier molecular flexibility index (Phi) is 6.40. The van der Waals surface area contributed by atoms with E-state index in [2.05, 4.69) is 66.2 Å². The monoisotopic (exact) mass is 478 g/mol. The van der Waals surface area contributed by atoms with Crippen LogP contribution < -0.4 is 5.32 Å². The van der Waals surface area contributed by atoms with Crippen LogP contribution in [-0.2, 0) is 27.8 Å². The lowest BCUT2D eigenvalue weighted by Crippen LogP contribution is -2.40. The van der Waals surface area contributed by atoms with E-state index in [1.807, 2.05) is 6.07 Å². The fourth-order valence-corrected chi connectivity index (χ4v) is 6.01. The van der Waals surface area contributed by atoms with E-state index in [0.29, 0.717) is 38.4 Å². The summed E-state index contributed by atoms with van der Waals surface area (Å²) in [7, 11) is -3.56. The largest absolute Gasteiger partial charge is 0.379 e. The van der Waals surface area contributed by atoms with Gasteiger partial charge in [0.1, 0.15) is 5.82 Å². The molecule has 4 aromatic rings. The Morgan fingerprint density at radius 3 is 2.56 bits per heavy atom. The molecule has 1 aliphatic heterocycles. The molecule has 0 saturated carbocycles. The van der Waals surface area contributed by atoms with Crippen molar-refractivity contribution in [3.8, 4) is 0 Å². The van der Waals surface area contributed by atoms with Crippen molar-refractivity contribution in [2.45, 2.75) is 37.9 Å². The van der Waals surface area contributed by atoms with Crippen LogP contribution in [0.4, 0.5) is 0 Å². The summed E-state index contributed by atoms with van der Waals surface area (Å²) in [5, 5.41) is 6.04. The maximum absolute atomic E-state index is 13.1. The zero-order valence-corrected chi connectivity index (χ0v) is 20.4. The van der Waals surface area contributed by atoms with Gasteiger partial charge in [0, 0.05) is 25.7 Å². The number of morpholine rings is 1. The smallest absolute Gasteiger partial charge is 0.243 e. The second-order valence-corrected chi connectivity index (χ2v) is 10.6. The molecule has 34 heavy (non-hydrogen) atoms. The van der Waals surface area contributed by atoms with Crippen LogP contribution in [0.1, 0.15) is 31.3 Å². The van der Waals surface area contributed by atoms with Gasteiger partial charge in [0.25, 0.3) is 0 Å². The molecule has 0 aliphatic carbocycles. The normalized spacial score (nSPS) is 16.3. The third-order valence-corrected chi connectivity index (χ3v) is 8.46. The first-order valence-electron chi connectivity index (χ1n) is 11.8. The van der Waals surface area contributed by atoms with E-state index >= 15 is 0 Å². The Labute approximate surface area is 200 Å². The van der Waals surface area contributed by atoms with Gasteiger partial charge in [0.15, 0.2) is 0 Å². The van der Waals surface area contributed by atoms with Crippen molar-refractivity contribution in [1.82, 2.24) is 19.2 Å². The van der Waals surface area contributed by atoms with E-state index < -0.39 is 10.0 Å². The molecule has 1 atom stereocenters. The standard InChI is InChI=1S/C26H30N4O3S/c1-3-30-25-11-10-23(34(31,32)29-12-14-33-15-13-29)17-24(25)28-26(30)18-27-19(2)21-9-8-20-6-4-5-7-22(20)16-21/h4-11,16-17,19,27H,3,12-15,18H2,1-2H3/t19-/m1/s1. The first-order chi connectivity index (χ1) is 16.5. The summed E-state index contributed by atoms with van der Waals surface area (Å²) in [5.41, 5.74) is 2.86. The number of aromatic nitrogens is 2. The predicted octanol–water partition coefficient (Wildman–Crippen LogP) is 4.08. The number of sulfonamides is 1. The highest BCUT2D eigenvalue weighted by Crippen LogP contribution is 2.25. The predicted molar refractivity (Wildman–Crippen MR) is 134 cm³/mol. The Balaban J connectivity index is 1.38. The van der Waals surface area contributed by atoms with Gasteiger partial charge in [-0.05, 0) is 54.4 Å². The third-order valence-electron chi connectivity index (χ3n) is 6.56. The lowest BCUT2D eigenvalue weighted by molar-refractivity contribution is 0.0730. The molecule has 3 aromatic carbocycles. The number of benzene rings is 3. The van der Waals surface area contributed by atoms with Gasteiger partial charge >= 0.3 is 0 Å². The van der Waals surface area contributed by atoms with Crippen LogP contribution in [0.15, 0.2) is 65.6 Å². The minimum absolute atomic E-state index is 0.145. The summed E-state index contributed by atoms with van der Waals surface area (Å²) in [4.78, 5) is 5.10. The maximum atomic E-state index is 13.1. The first-order valence-corrected chi connectivity index (χ1v) is 13.2. The van der Waals surface area contributed by atoms with Crippen molar-refractivity contribution in [3.05, 3.63) is 72.1 Å². The number of nitrogens with zero attached hydrogens (tertiary/aromatic N) is 3. The molecule has 7 nitrogen and oxygen atoms in total. The fraction of sp³-hybridized carbons (Fsp3) is 0.346. The molecule has 0 bridgehead atoms. The SMILES string of the molecule is CCn1c(CN[C@H](C)c2ccc3ccccc3c2)nc2cc(S(=O)(=O)N3CCOCC3)ccc21. The molecule has 178 valence electrons.